The Balaban J connectivity index is 1.68. The highest BCUT2D eigenvalue weighted by Gasteiger charge is 2.24. The topological polar surface area (TPSA) is 77.2 Å². The van der Waals surface area contributed by atoms with Crippen LogP contribution in [0.3, 0.4) is 0 Å². The number of amides is 1. The summed E-state index contributed by atoms with van der Waals surface area (Å²) in [4.78, 5) is 15.6. The molecule has 17 heavy (non-hydrogen) atoms. The zero-order chi connectivity index (χ0) is 12.1. The summed E-state index contributed by atoms with van der Waals surface area (Å²) in [5, 5.41) is 6.68. The molecule has 0 saturated heterocycles. The number of hydrogen-bond acceptors (Lipinski definition) is 5. The van der Waals surface area contributed by atoms with Crippen molar-refractivity contribution in [2.75, 3.05) is 13.7 Å². The lowest BCUT2D eigenvalue weighted by molar-refractivity contribution is -0.127. The SMILES string of the molecule is COCc1nc(CCNC(=O)C2CCC2)no1. The number of nitrogens with zero attached hydrogens (tertiary/aromatic N) is 2. The van der Waals surface area contributed by atoms with Gasteiger partial charge in [-0.1, -0.05) is 11.6 Å². The average Bonchev–Trinajstić information content (AvgIpc) is 2.64. The molecule has 0 spiro atoms. The summed E-state index contributed by atoms with van der Waals surface area (Å²) >= 11 is 0. The van der Waals surface area contributed by atoms with E-state index >= 15 is 0 Å². The molecule has 0 unspecified atom stereocenters. The van der Waals surface area contributed by atoms with Crippen LogP contribution in [-0.2, 0) is 22.6 Å². The van der Waals surface area contributed by atoms with Crippen LogP contribution < -0.4 is 5.32 Å². The van der Waals surface area contributed by atoms with Gasteiger partial charge in [0.25, 0.3) is 5.89 Å². The Kier molecular flexibility index (Phi) is 4.08. The van der Waals surface area contributed by atoms with Crippen LogP contribution in [0.25, 0.3) is 0 Å². The predicted molar refractivity (Wildman–Crippen MR) is 59.1 cm³/mol. The second-order valence-corrected chi connectivity index (χ2v) is 4.21. The maximum atomic E-state index is 11.5. The smallest absolute Gasteiger partial charge is 0.252 e. The van der Waals surface area contributed by atoms with Crippen LogP contribution in [0.4, 0.5) is 0 Å². The van der Waals surface area contributed by atoms with Crippen LogP contribution in [-0.4, -0.2) is 29.7 Å². The average molecular weight is 239 g/mol. The first-order valence-corrected chi connectivity index (χ1v) is 5.87. The molecule has 1 amide bonds. The lowest BCUT2D eigenvalue weighted by Crippen LogP contribution is -2.35. The number of ether oxygens (including phenoxy) is 1. The van der Waals surface area contributed by atoms with Crippen LogP contribution in [0.2, 0.25) is 0 Å². The monoisotopic (exact) mass is 239 g/mol. The largest absolute Gasteiger partial charge is 0.375 e. The van der Waals surface area contributed by atoms with Gasteiger partial charge in [0.15, 0.2) is 5.82 Å². The first-order valence-electron chi connectivity index (χ1n) is 5.87. The van der Waals surface area contributed by atoms with Gasteiger partial charge in [0.1, 0.15) is 6.61 Å². The number of nitrogens with one attached hydrogen (secondary N) is 1. The van der Waals surface area contributed by atoms with E-state index in [2.05, 4.69) is 15.5 Å². The molecule has 0 radical (unpaired) electrons. The summed E-state index contributed by atoms with van der Waals surface area (Å²) in [7, 11) is 1.57. The zero-order valence-corrected chi connectivity index (χ0v) is 9.94. The van der Waals surface area contributed by atoms with Crippen LogP contribution in [0, 0.1) is 5.92 Å². The lowest BCUT2D eigenvalue weighted by atomic mass is 9.85. The molecule has 1 aromatic heterocycles. The minimum Gasteiger partial charge on any atom is -0.375 e. The van der Waals surface area contributed by atoms with Crippen molar-refractivity contribution >= 4 is 5.91 Å². The maximum absolute atomic E-state index is 11.5. The Morgan fingerprint density at radius 1 is 1.59 bits per heavy atom. The van der Waals surface area contributed by atoms with Gasteiger partial charge >= 0.3 is 0 Å². The minimum atomic E-state index is 0.150. The molecule has 94 valence electrons. The van der Waals surface area contributed by atoms with E-state index in [0.29, 0.717) is 31.3 Å². The summed E-state index contributed by atoms with van der Waals surface area (Å²) in [5.74, 6) is 1.44. The van der Waals surface area contributed by atoms with E-state index < -0.39 is 0 Å². The third kappa shape index (κ3) is 3.26. The van der Waals surface area contributed by atoms with Crippen LogP contribution in [0.15, 0.2) is 4.52 Å². The molecular weight excluding hydrogens is 222 g/mol. The highest BCUT2D eigenvalue weighted by atomic mass is 16.5. The number of rotatable bonds is 6. The minimum absolute atomic E-state index is 0.150. The molecule has 0 aromatic carbocycles. The third-order valence-corrected chi connectivity index (χ3v) is 2.90. The van der Waals surface area contributed by atoms with E-state index in [1.165, 1.54) is 6.42 Å². The summed E-state index contributed by atoms with van der Waals surface area (Å²) < 4.78 is 9.82. The molecule has 6 heteroatoms. The molecule has 6 nitrogen and oxygen atoms in total. The number of hydrogen-bond donors (Lipinski definition) is 1. The highest BCUT2D eigenvalue weighted by Crippen LogP contribution is 2.25. The zero-order valence-electron chi connectivity index (χ0n) is 9.94. The standard InChI is InChI=1S/C11H17N3O3/c1-16-7-10-13-9(14-17-10)5-6-12-11(15)8-3-2-4-8/h8H,2-7H2,1H3,(H,12,15). The Labute approximate surface area is 99.7 Å². The Bertz CT molecular complexity index is 374. The Morgan fingerprint density at radius 2 is 2.41 bits per heavy atom. The van der Waals surface area contributed by atoms with Crippen molar-refractivity contribution in [3.05, 3.63) is 11.7 Å². The fraction of sp³-hybridized carbons (Fsp3) is 0.727. The number of carbonyl (C=O) groups is 1. The van der Waals surface area contributed by atoms with E-state index in [-0.39, 0.29) is 11.8 Å². The van der Waals surface area contributed by atoms with Gasteiger partial charge in [-0.15, -0.1) is 0 Å². The molecule has 2 rings (SSSR count). The van der Waals surface area contributed by atoms with Gasteiger partial charge in [-0.2, -0.15) is 4.98 Å². The second kappa shape index (κ2) is 5.77. The quantitative estimate of drug-likeness (QED) is 0.789. The van der Waals surface area contributed by atoms with E-state index in [9.17, 15) is 4.79 Å². The number of methoxy groups -OCH3 is 1. The first-order chi connectivity index (χ1) is 8.29. The first kappa shape index (κ1) is 12.0. The summed E-state index contributed by atoms with van der Waals surface area (Å²) in [6, 6.07) is 0. The van der Waals surface area contributed by atoms with Crippen molar-refractivity contribution in [2.24, 2.45) is 5.92 Å². The summed E-state index contributed by atoms with van der Waals surface area (Å²) in [6.45, 7) is 0.878. The van der Waals surface area contributed by atoms with E-state index in [1.54, 1.807) is 7.11 Å². The van der Waals surface area contributed by atoms with Crippen molar-refractivity contribution in [1.82, 2.24) is 15.5 Å². The molecule has 0 aliphatic heterocycles. The highest BCUT2D eigenvalue weighted by molar-refractivity contribution is 5.79. The van der Waals surface area contributed by atoms with Gasteiger partial charge in [-0.25, -0.2) is 0 Å². The summed E-state index contributed by atoms with van der Waals surface area (Å²) in [6.07, 6.45) is 3.80. The molecule has 1 fully saturated rings. The van der Waals surface area contributed by atoms with Crippen molar-refractivity contribution in [3.63, 3.8) is 0 Å². The summed E-state index contributed by atoms with van der Waals surface area (Å²) in [5.41, 5.74) is 0. The fourth-order valence-corrected chi connectivity index (χ4v) is 1.69. The number of aromatic nitrogens is 2. The van der Waals surface area contributed by atoms with Gasteiger partial charge in [-0.05, 0) is 12.8 Å². The van der Waals surface area contributed by atoms with Gasteiger partial charge in [0, 0.05) is 26.0 Å². The molecule has 1 aliphatic rings. The third-order valence-electron chi connectivity index (χ3n) is 2.90. The van der Waals surface area contributed by atoms with Crippen molar-refractivity contribution < 1.29 is 14.1 Å². The van der Waals surface area contributed by atoms with Gasteiger partial charge in [-0.3, -0.25) is 4.79 Å². The molecule has 1 aliphatic carbocycles. The second-order valence-electron chi connectivity index (χ2n) is 4.21. The maximum Gasteiger partial charge on any atom is 0.252 e. The van der Waals surface area contributed by atoms with Gasteiger partial charge in [0.2, 0.25) is 5.91 Å². The Morgan fingerprint density at radius 3 is 3.06 bits per heavy atom. The molecule has 1 heterocycles. The van der Waals surface area contributed by atoms with Crippen LogP contribution in [0.1, 0.15) is 31.0 Å². The predicted octanol–water partition coefficient (Wildman–Crippen LogP) is 0.675. The van der Waals surface area contributed by atoms with E-state index in [4.69, 9.17) is 9.26 Å². The van der Waals surface area contributed by atoms with Crippen molar-refractivity contribution in [2.45, 2.75) is 32.3 Å². The van der Waals surface area contributed by atoms with Crippen molar-refractivity contribution in [1.29, 1.82) is 0 Å². The Hall–Kier alpha value is -1.43. The molecule has 1 saturated carbocycles. The van der Waals surface area contributed by atoms with Gasteiger partial charge < -0.3 is 14.6 Å². The van der Waals surface area contributed by atoms with Crippen LogP contribution in [0.5, 0.6) is 0 Å². The lowest BCUT2D eigenvalue weighted by Gasteiger charge is -2.23. The van der Waals surface area contributed by atoms with E-state index in [1.807, 2.05) is 0 Å². The van der Waals surface area contributed by atoms with Crippen molar-refractivity contribution in [3.8, 4) is 0 Å². The normalized spacial score (nSPS) is 15.6. The molecule has 0 bridgehead atoms. The van der Waals surface area contributed by atoms with Crippen LogP contribution >= 0.6 is 0 Å². The van der Waals surface area contributed by atoms with Gasteiger partial charge in [0.05, 0.1) is 0 Å². The van der Waals surface area contributed by atoms with E-state index in [0.717, 1.165) is 12.8 Å². The molecule has 1 N–H and O–H groups in total. The fourth-order valence-electron chi connectivity index (χ4n) is 1.69. The molecular formula is C11H17N3O3. The molecule has 1 aromatic rings. The number of carbonyl (C=O) groups excluding carboxylic acids is 1. The molecule has 0 atom stereocenters.